The molecule has 1 amide bonds. The monoisotopic (exact) mass is 374 g/mol. The summed E-state index contributed by atoms with van der Waals surface area (Å²) in [5.74, 6) is 1.60. The lowest BCUT2D eigenvalue weighted by molar-refractivity contribution is 0.0683. The largest absolute Gasteiger partial charge is 0.384 e. The van der Waals surface area contributed by atoms with Crippen LogP contribution in [-0.2, 0) is 13.0 Å². The molecule has 5 rings (SSSR count). The quantitative estimate of drug-likeness (QED) is 0.746. The minimum Gasteiger partial charge on any atom is -0.384 e. The SMILES string of the molecule is C[C@H]1CN(C(=O)c2cccc3c2NCCC3)Cc2nnc(-c3ccccn3)n21. The Morgan fingerprint density at radius 1 is 1.18 bits per heavy atom. The molecule has 2 aliphatic heterocycles. The Bertz CT molecular complexity index is 1030. The zero-order valence-corrected chi connectivity index (χ0v) is 15.8. The van der Waals surface area contributed by atoms with Crippen molar-refractivity contribution >= 4 is 11.6 Å². The molecule has 0 bridgehead atoms. The van der Waals surface area contributed by atoms with Crippen molar-refractivity contribution in [3.05, 3.63) is 59.5 Å². The zero-order valence-electron chi connectivity index (χ0n) is 15.8. The topological polar surface area (TPSA) is 75.9 Å². The fourth-order valence-corrected chi connectivity index (χ4v) is 4.21. The van der Waals surface area contributed by atoms with Crippen molar-refractivity contribution in [1.29, 1.82) is 0 Å². The van der Waals surface area contributed by atoms with E-state index in [0.29, 0.717) is 13.1 Å². The highest BCUT2D eigenvalue weighted by Crippen LogP contribution is 2.31. The molecule has 2 aliphatic rings. The van der Waals surface area contributed by atoms with Crippen molar-refractivity contribution in [2.45, 2.75) is 32.4 Å². The number of nitrogens with one attached hydrogen (secondary N) is 1. The molecule has 1 N–H and O–H groups in total. The number of hydrogen-bond acceptors (Lipinski definition) is 5. The molecule has 3 aromatic rings. The number of anilines is 1. The van der Waals surface area contributed by atoms with E-state index >= 15 is 0 Å². The van der Waals surface area contributed by atoms with Crippen LogP contribution in [-0.4, -0.2) is 43.6 Å². The van der Waals surface area contributed by atoms with Gasteiger partial charge in [-0.15, -0.1) is 10.2 Å². The van der Waals surface area contributed by atoms with E-state index in [1.165, 1.54) is 5.56 Å². The number of amides is 1. The molecular weight excluding hydrogens is 352 g/mol. The average Bonchev–Trinajstić information content (AvgIpc) is 3.18. The van der Waals surface area contributed by atoms with Gasteiger partial charge in [-0.1, -0.05) is 18.2 Å². The standard InChI is InChI=1S/C21H22N6O/c1-14-12-26(21(28)16-8-4-6-15-7-5-11-23-19(15)16)13-18-24-25-20(27(14)18)17-9-2-3-10-22-17/h2-4,6,8-10,14,23H,5,7,11-13H2,1H3/t14-/m0/s1. The minimum atomic E-state index is 0.0479. The van der Waals surface area contributed by atoms with E-state index in [4.69, 9.17) is 0 Å². The number of fused-ring (bicyclic) bond motifs is 2. The van der Waals surface area contributed by atoms with Crippen LogP contribution in [0.5, 0.6) is 0 Å². The van der Waals surface area contributed by atoms with Gasteiger partial charge in [0.2, 0.25) is 0 Å². The molecule has 0 spiro atoms. The van der Waals surface area contributed by atoms with E-state index in [1.807, 2.05) is 35.2 Å². The van der Waals surface area contributed by atoms with Crippen LogP contribution in [0.4, 0.5) is 5.69 Å². The smallest absolute Gasteiger partial charge is 0.256 e. The lowest BCUT2D eigenvalue weighted by Gasteiger charge is -2.33. The van der Waals surface area contributed by atoms with Gasteiger partial charge in [-0.2, -0.15) is 0 Å². The number of carbonyl (C=O) groups excluding carboxylic acids is 1. The number of pyridine rings is 1. The summed E-state index contributed by atoms with van der Waals surface area (Å²) in [6.45, 7) is 4.08. The van der Waals surface area contributed by atoms with E-state index in [1.54, 1.807) is 6.20 Å². The summed E-state index contributed by atoms with van der Waals surface area (Å²) in [7, 11) is 0. The fourth-order valence-electron chi connectivity index (χ4n) is 4.21. The molecule has 1 aromatic carbocycles. The predicted octanol–water partition coefficient (Wildman–Crippen LogP) is 2.92. The Morgan fingerprint density at radius 2 is 2.11 bits per heavy atom. The summed E-state index contributed by atoms with van der Waals surface area (Å²) >= 11 is 0. The van der Waals surface area contributed by atoms with Crippen molar-refractivity contribution in [1.82, 2.24) is 24.6 Å². The number of aromatic nitrogens is 4. The molecule has 0 radical (unpaired) electrons. The number of aryl methyl sites for hydroxylation is 1. The van der Waals surface area contributed by atoms with Crippen LogP contribution in [0.25, 0.3) is 11.5 Å². The Balaban J connectivity index is 1.46. The molecule has 0 aliphatic carbocycles. The number of carbonyl (C=O) groups is 1. The number of para-hydroxylation sites is 1. The van der Waals surface area contributed by atoms with Gasteiger partial charge in [-0.05, 0) is 43.5 Å². The lowest BCUT2D eigenvalue weighted by atomic mass is 9.98. The maximum Gasteiger partial charge on any atom is 0.256 e. The van der Waals surface area contributed by atoms with E-state index in [0.717, 1.165) is 48.0 Å². The van der Waals surface area contributed by atoms with Gasteiger partial charge in [0.15, 0.2) is 11.6 Å². The summed E-state index contributed by atoms with van der Waals surface area (Å²) < 4.78 is 2.10. The van der Waals surface area contributed by atoms with E-state index in [9.17, 15) is 4.79 Å². The van der Waals surface area contributed by atoms with Gasteiger partial charge in [-0.3, -0.25) is 9.78 Å². The van der Waals surface area contributed by atoms with Gasteiger partial charge >= 0.3 is 0 Å². The first-order chi connectivity index (χ1) is 13.7. The van der Waals surface area contributed by atoms with E-state index < -0.39 is 0 Å². The Morgan fingerprint density at radius 3 is 2.96 bits per heavy atom. The second-order valence-corrected chi connectivity index (χ2v) is 7.43. The fraction of sp³-hybridized carbons (Fsp3) is 0.333. The first-order valence-corrected chi connectivity index (χ1v) is 9.72. The van der Waals surface area contributed by atoms with Gasteiger partial charge in [0.05, 0.1) is 23.8 Å². The molecule has 7 nitrogen and oxygen atoms in total. The number of hydrogen-bond donors (Lipinski definition) is 1. The Labute approximate surface area is 163 Å². The van der Waals surface area contributed by atoms with Crippen molar-refractivity contribution in [2.24, 2.45) is 0 Å². The molecule has 7 heteroatoms. The average molecular weight is 374 g/mol. The maximum atomic E-state index is 13.3. The van der Waals surface area contributed by atoms with Crippen LogP contribution in [0.1, 0.15) is 41.1 Å². The third-order valence-corrected chi connectivity index (χ3v) is 5.51. The van der Waals surface area contributed by atoms with Gasteiger partial charge in [0, 0.05) is 19.3 Å². The predicted molar refractivity (Wildman–Crippen MR) is 106 cm³/mol. The third kappa shape index (κ3) is 2.74. The first kappa shape index (κ1) is 16.9. The third-order valence-electron chi connectivity index (χ3n) is 5.51. The lowest BCUT2D eigenvalue weighted by Crippen LogP contribution is -2.41. The molecule has 28 heavy (non-hydrogen) atoms. The van der Waals surface area contributed by atoms with Gasteiger partial charge < -0.3 is 14.8 Å². The summed E-state index contributed by atoms with van der Waals surface area (Å²) in [6.07, 6.45) is 3.87. The summed E-state index contributed by atoms with van der Waals surface area (Å²) in [4.78, 5) is 19.6. The number of nitrogens with zero attached hydrogens (tertiary/aromatic N) is 5. The minimum absolute atomic E-state index is 0.0479. The highest BCUT2D eigenvalue weighted by atomic mass is 16.2. The number of rotatable bonds is 2. The van der Waals surface area contributed by atoms with Crippen molar-refractivity contribution < 1.29 is 4.79 Å². The first-order valence-electron chi connectivity index (χ1n) is 9.72. The maximum absolute atomic E-state index is 13.3. The normalized spacial score (nSPS) is 18.2. The van der Waals surface area contributed by atoms with Gasteiger partial charge in [-0.25, -0.2) is 0 Å². The van der Waals surface area contributed by atoms with Crippen molar-refractivity contribution in [2.75, 3.05) is 18.4 Å². The van der Waals surface area contributed by atoms with Crippen molar-refractivity contribution in [3.63, 3.8) is 0 Å². The molecule has 1 atom stereocenters. The van der Waals surface area contributed by atoms with Crippen LogP contribution in [0.15, 0.2) is 42.6 Å². The summed E-state index contributed by atoms with van der Waals surface area (Å²) in [5.41, 5.74) is 3.77. The molecule has 0 saturated carbocycles. The molecule has 142 valence electrons. The van der Waals surface area contributed by atoms with Crippen LogP contribution in [0.3, 0.4) is 0 Å². The summed E-state index contributed by atoms with van der Waals surface area (Å²) in [6, 6.07) is 11.8. The molecule has 2 aromatic heterocycles. The van der Waals surface area contributed by atoms with Gasteiger partial charge in [0.25, 0.3) is 5.91 Å². The van der Waals surface area contributed by atoms with Crippen LogP contribution in [0, 0.1) is 0 Å². The summed E-state index contributed by atoms with van der Waals surface area (Å²) in [5, 5.41) is 12.1. The van der Waals surface area contributed by atoms with Gasteiger partial charge in [0.1, 0.15) is 5.69 Å². The number of benzene rings is 1. The Hall–Kier alpha value is -3.22. The second-order valence-electron chi connectivity index (χ2n) is 7.43. The molecule has 0 saturated heterocycles. The van der Waals surface area contributed by atoms with E-state index in [2.05, 4.69) is 38.1 Å². The highest BCUT2D eigenvalue weighted by Gasteiger charge is 2.31. The van der Waals surface area contributed by atoms with Crippen molar-refractivity contribution in [3.8, 4) is 11.5 Å². The van der Waals surface area contributed by atoms with Crippen LogP contribution in [0.2, 0.25) is 0 Å². The zero-order chi connectivity index (χ0) is 19.1. The molecule has 0 unspecified atom stereocenters. The van der Waals surface area contributed by atoms with Crippen LogP contribution < -0.4 is 5.32 Å². The Kier molecular flexibility index (Phi) is 4.07. The van der Waals surface area contributed by atoms with E-state index in [-0.39, 0.29) is 11.9 Å². The highest BCUT2D eigenvalue weighted by molar-refractivity contribution is 6.00. The molecule has 4 heterocycles. The molecule has 0 fully saturated rings. The molecular formula is C21H22N6O. The van der Waals surface area contributed by atoms with Crippen LogP contribution >= 0.6 is 0 Å². The second kappa shape index (κ2) is 6.74.